The summed E-state index contributed by atoms with van der Waals surface area (Å²) in [5, 5.41) is 11.0. The molecule has 0 bridgehead atoms. The highest BCUT2D eigenvalue weighted by Crippen LogP contribution is 2.12. The summed E-state index contributed by atoms with van der Waals surface area (Å²) in [6.45, 7) is 8.04. The topological polar surface area (TPSA) is 131 Å². The molecule has 0 unspecified atom stereocenters. The van der Waals surface area contributed by atoms with Gasteiger partial charge in [0, 0.05) is 13.2 Å². The molecule has 0 aliphatic heterocycles. The Hall–Kier alpha value is -1.34. The molecule has 0 heterocycles. The minimum absolute atomic E-state index is 0.288. The van der Waals surface area contributed by atoms with E-state index in [4.69, 9.17) is 33.5 Å². The number of carboxylic acid groups (broad SMARTS) is 1. The molecule has 0 saturated heterocycles. The molecule has 0 fully saturated rings. The normalized spacial score (nSPS) is 11.3. The Bertz CT molecular complexity index is 568. The molecular weight excluding hydrogens is 546 g/mol. The fourth-order valence-corrected chi connectivity index (χ4v) is 3.97. The average molecular weight is 608 g/mol. The Balaban J connectivity index is 3.08. The van der Waals surface area contributed by atoms with Crippen molar-refractivity contribution < 1.29 is 47.9 Å². The highest BCUT2D eigenvalue weighted by Gasteiger charge is 2.03. The molecular formula is C31H61NO10. The largest absolute Gasteiger partial charge is 0.480 e. The Morgan fingerprint density at radius 1 is 0.452 bits per heavy atom. The average Bonchev–Trinajstić information content (AvgIpc) is 2.97. The van der Waals surface area contributed by atoms with Gasteiger partial charge in [0.1, 0.15) is 13.2 Å². The van der Waals surface area contributed by atoms with Gasteiger partial charge in [0.15, 0.2) is 0 Å². The van der Waals surface area contributed by atoms with E-state index >= 15 is 0 Å². The third kappa shape index (κ3) is 36.7. The van der Waals surface area contributed by atoms with Gasteiger partial charge in [0.2, 0.25) is 5.91 Å². The van der Waals surface area contributed by atoms with Gasteiger partial charge in [0.05, 0.1) is 72.7 Å². The van der Waals surface area contributed by atoms with Crippen molar-refractivity contribution in [1.29, 1.82) is 0 Å². The van der Waals surface area contributed by atoms with Crippen LogP contribution in [-0.2, 0) is 42.7 Å². The van der Waals surface area contributed by atoms with Crippen LogP contribution in [0.3, 0.4) is 0 Å². The zero-order valence-corrected chi connectivity index (χ0v) is 26.4. The maximum absolute atomic E-state index is 11.3. The highest BCUT2D eigenvalue weighted by atomic mass is 16.6. The summed E-state index contributed by atoms with van der Waals surface area (Å²) >= 11 is 0. The first-order valence-corrected chi connectivity index (χ1v) is 16.2. The number of carbonyl (C=O) groups excluding carboxylic acids is 1. The standard InChI is InChI=1S/C31H61NO10/c1-2-3-4-5-6-7-8-9-10-11-12-13-14-16-36-18-20-38-22-24-40-26-27-41-25-23-39-21-19-37-17-15-32-30(33)28-42-29-31(34)35/h2-29H2,1H3,(H,32,33)(H,34,35). The van der Waals surface area contributed by atoms with Crippen LogP contribution in [0.5, 0.6) is 0 Å². The van der Waals surface area contributed by atoms with Gasteiger partial charge in [-0.25, -0.2) is 4.79 Å². The van der Waals surface area contributed by atoms with Gasteiger partial charge < -0.3 is 43.6 Å². The molecule has 1 amide bonds. The lowest BCUT2D eigenvalue weighted by atomic mass is 10.0. The zero-order valence-electron chi connectivity index (χ0n) is 26.4. The van der Waals surface area contributed by atoms with E-state index in [1.807, 2.05) is 0 Å². The van der Waals surface area contributed by atoms with Crippen molar-refractivity contribution in [1.82, 2.24) is 5.32 Å². The molecule has 0 aromatic rings. The number of hydrogen-bond donors (Lipinski definition) is 2. The van der Waals surface area contributed by atoms with Crippen LogP contribution in [0, 0.1) is 0 Å². The van der Waals surface area contributed by atoms with Crippen molar-refractivity contribution in [2.24, 2.45) is 0 Å². The molecule has 0 atom stereocenters. The van der Waals surface area contributed by atoms with Crippen molar-refractivity contribution in [2.75, 3.05) is 99.0 Å². The van der Waals surface area contributed by atoms with E-state index < -0.39 is 12.6 Å². The van der Waals surface area contributed by atoms with E-state index in [-0.39, 0.29) is 12.5 Å². The number of ether oxygens (including phenoxy) is 7. The van der Waals surface area contributed by atoms with Crippen molar-refractivity contribution >= 4 is 11.9 Å². The number of unbranched alkanes of at least 4 members (excludes halogenated alkanes) is 12. The van der Waals surface area contributed by atoms with Gasteiger partial charge in [-0.3, -0.25) is 4.79 Å². The van der Waals surface area contributed by atoms with Crippen LogP contribution < -0.4 is 5.32 Å². The van der Waals surface area contributed by atoms with Crippen LogP contribution in [0.1, 0.15) is 90.4 Å². The molecule has 0 radical (unpaired) electrons. The van der Waals surface area contributed by atoms with E-state index in [2.05, 4.69) is 17.0 Å². The van der Waals surface area contributed by atoms with E-state index in [9.17, 15) is 9.59 Å². The van der Waals surface area contributed by atoms with Crippen molar-refractivity contribution in [2.45, 2.75) is 90.4 Å². The maximum Gasteiger partial charge on any atom is 0.329 e. The van der Waals surface area contributed by atoms with E-state index in [1.165, 1.54) is 77.0 Å². The molecule has 0 rings (SSSR count). The number of carboxylic acids is 1. The van der Waals surface area contributed by atoms with Crippen molar-refractivity contribution in [3.8, 4) is 0 Å². The minimum Gasteiger partial charge on any atom is -0.480 e. The summed E-state index contributed by atoms with van der Waals surface area (Å²) in [6.07, 6.45) is 17.7. The minimum atomic E-state index is -1.11. The van der Waals surface area contributed by atoms with Gasteiger partial charge in [-0.1, -0.05) is 84.0 Å². The lowest BCUT2D eigenvalue weighted by Crippen LogP contribution is -2.31. The van der Waals surface area contributed by atoms with Crippen LogP contribution in [-0.4, -0.2) is 116 Å². The summed E-state index contributed by atoms with van der Waals surface area (Å²) in [7, 11) is 0. The number of rotatable bonds is 36. The summed E-state index contributed by atoms with van der Waals surface area (Å²) < 4.78 is 37.5. The second-order valence-electron chi connectivity index (χ2n) is 10.2. The lowest BCUT2D eigenvalue weighted by molar-refractivity contribution is -0.143. The van der Waals surface area contributed by atoms with Gasteiger partial charge >= 0.3 is 5.97 Å². The van der Waals surface area contributed by atoms with Gasteiger partial charge in [0.25, 0.3) is 0 Å². The molecule has 2 N–H and O–H groups in total. The molecule has 0 spiro atoms. The van der Waals surface area contributed by atoms with Gasteiger partial charge in [-0.05, 0) is 6.42 Å². The fourth-order valence-electron chi connectivity index (χ4n) is 3.97. The van der Waals surface area contributed by atoms with Gasteiger partial charge in [-0.2, -0.15) is 0 Å². The Morgan fingerprint density at radius 2 is 0.810 bits per heavy atom. The first-order chi connectivity index (χ1) is 20.7. The number of aliphatic carboxylic acids is 1. The lowest BCUT2D eigenvalue weighted by Gasteiger charge is -2.09. The van der Waals surface area contributed by atoms with Crippen LogP contribution >= 0.6 is 0 Å². The Morgan fingerprint density at radius 3 is 1.21 bits per heavy atom. The number of hydrogen-bond acceptors (Lipinski definition) is 9. The van der Waals surface area contributed by atoms with E-state index in [0.717, 1.165) is 13.0 Å². The van der Waals surface area contributed by atoms with E-state index in [1.54, 1.807) is 0 Å². The van der Waals surface area contributed by atoms with Crippen molar-refractivity contribution in [3.63, 3.8) is 0 Å². The van der Waals surface area contributed by atoms with Crippen molar-refractivity contribution in [3.05, 3.63) is 0 Å². The molecule has 0 aliphatic rings. The molecule has 250 valence electrons. The number of amides is 1. The van der Waals surface area contributed by atoms with Gasteiger partial charge in [-0.15, -0.1) is 0 Å². The van der Waals surface area contributed by atoms with Crippen LogP contribution in [0.4, 0.5) is 0 Å². The quantitative estimate of drug-likeness (QED) is 0.0989. The van der Waals surface area contributed by atoms with E-state index in [0.29, 0.717) is 79.2 Å². The molecule has 0 aromatic carbocycles. The third-order valence-electron chi connectivity index (χ3n) is 6.28. The number of carbonyl (C=O) groups is 2. The monoisotopic (exact) mass is 607 g/mol. The second kappa shape index (κ2) is 35.9. The molecule has 0 aromatic heterocycles. The number of nitrogens with one attached hydrogen (secondary N) is 1. The predicted molar refractivity (Wildman–Crippen MR) is 162 cm³/mol. The summed E-state index contributed by atoms with van der Waals surface area (Å²) in [5.41, 5.74) is 0. The second-order valence-corrected chi connectivity index (χ2v) is 10.2. The molecule has 0 saturated carbocycles. The van der Waals surface area contributed by atoms with Crippen LogP contribution in [0.25, 0.3) is 0 Å². The fraction of sp³-hybridized carbons (Fsp3) is 0.935. The van der Waals surface area contributed by atoms with Crippen LogP contribution in [0.15, 0.2) is 0 Å². The van der Waals surface area contributed by atoms with Crippen LogP contribution in [0.2, 0.25) is 0 Å². The first kappa shape index (κ1) is 40.7. The highest BCUT2D eigenvalue weighted by molar-refractivity contribution is 5.77. The summed E-state index contributed by atoms with van der Waals surface area (Å²) in [4.78, 5) is 21.6. The Labute approximate surface area is 254 Å². The third-order valence-corrected chi connectivity index (χ3v) is 6.28. The first-order valence-electron chi connectivity index (χ1n) is 16.2. The zero-order chi connectivity index (χ0) is 30.6. The molecule has 0 aliphatic carbocycles. The summed E-state index contributed by atoms with van der Waals surface area (Å²) in [5.74, 6) is -1.50. The molecule has 11 nitrogen and oxygen atoms in total. The summed E-state index contributed by atoms with van der Waals surface area (Å²) in [6, 6.07) is 0. The SMILES string of the molecule is CCCCCCCCCCCCCCCOCCOCCOCCOCCOCCOCCNC(=O)COCC(=O)O. The smallest absolute Gasteiger partial charge is 0.329 e. The predicted octanol–water partition coefficient (Wildman–Crippen LogP) is 4.39. The molecule has 42 heavy (non-hydrogen) atoms. The maximum atomic E-state index is 11.3. The Kier molecular flexibility index (Phi) is 34.7. The molecule has 11 heteroatoms.